The smallest absolute Gasteiger partial charge is 0.331 e. The fourth-order valence-corrected chi connectivity index (χ4v) is 7.06. The van der Waals surface area contributed by atoms with Crippen LogP contribution < -0.4 is 4.90 Å². The summed E-state index contributed by atoms with van der Waals surface area (Å²) in [4.78, 5) is 30.9. The Balaban J connectivity index is 0.00000181. The standard InChI is InChI=1S/C22H31N5O.ClH/c1-4-5-26-19-17(18-23-16(12(2)3)11-27(18)21(26)28)24-20(25-19)22-9-13-6-14(10-22)8-15(22)7-13;/h12-16H,4-11H2,1-3H3,(H,24,25);1H/t13?,14?,15?,16-,22?;/m0./s1. The average molecular weight is 418 g/mol. The zero-order valence-electron chi connectivity index (χ0n) is 17.6. The molecule has 2 amide bonds. The van der Waals surface area contributed by atoms with E-state index in [9.17, 15) is 4.79 Å². The summed E-state index contributed by atoms with van der Waals surface area (Å²) in [6, 6.07) is 0.237. The number of amidine groups is 1. The predicted octanol–water partition coefficient (Wildman–Crippen LogP) is 4.35. The molecule has 4 bridgehead atoms. The largest absolute Gasteiger partial charge is 0.337 e. The fraction of sp³-hybridized carbons (Fsp3) is 0.773. The Bertz CT molecular complexity index is 863. The molecule has 3 heterocycles. The molecule has 158 valence electrons. The summed E-state index contributed by atoms with van der Waals surface area (Å²) in [7, 11) is 0. The number of anilines is 1. The number of fused-ring (bicyclic) bond motifs is 3. The number of nitrogens with zero attached hydrogens (tertiary/aromatic N) is 4. The number of aromatic nitrogens is 2. The molecule has 7 rings (SSSR count). The van der Waals surface area contributed by atoms with Crippen molar-refractivity contribution >= 4 is 30.1 Å². The molecule has 0 saturated heterocycles. The zero-order valence-corrected chi connectivity index (χ0v) is 18.5. The topological polar surface area (TPSA) is 64.6 Å². The van der Waals surface area contributed by atoms with Gasteiger partial charge < -0.3 is 4.98 Å². The van der Waals surface area contributed by atoms with E-state index in [0.717, 1.165) is 47.3 Å². The van der Waals surface area contributed by atoms with E-state index in [1.807, 2.05) is 9.80 Å². The van der Waals surface area contributed by atoms with Crippen molar-refractivity contribution in [3.05, 3.63) is 11.5 Å². The highest BCUT2D eigenvalue weighted by Gasteiger charge is 2.60. The highest BCUT2D eigenvalue weighted by molar-refractivity contribution is 6.18. The molecule has 0 aromatic carbocycles. The van der Waals surface area contributed by atoms with Gasteiger partial charge in [-0.3, -0.25) is 14.8 Å². The van der Waals surface area contributed by atoms with E-state index in [1.165, 1.54) is 32.1 Å². The van der Waals surface area contributed by atoms with Crippen LogP contribution in [0.25, 0.3) is 0 Å². The maximum Gasteiger partial charge on any atom is 0.331 e. The molecule has 0 radical (unpaired) electrons. The molecule has 1 N–H and O–H groups in total. The summed E-state index contributed by atoms with van der Waals surface area (Å²) < 4.78 is 0. The molecule has 6 nitrogen and oxygen atoms in total. The van der Waals surface area contributed by atoms with E-state index >= 15 is 0 Å². The first kappa shape index (κ1) is 19.4. The number of aliphatic imine (C=N–C) groups is 1. The van der Waals surface area contributed by atoms with Crippen molar-refractivity contribution in [1.82, 2.24) is 14.9 Å². The van der Waals surface area contributed by atoms with Crippen LogP contribution in [0.2, 0.25) is 0 Å². The summed E-state index contributed by atoms with van der Waals surface area (Å²) in [5, 5.41) is 0. The van der Waals surface area contributed by atoms with Crippen LogP contribution in [0.15, 0.2) is 4.99 Å². The Kier molecular flexibility index (Phi) is 4.33. The van der Waals surface area contributed by atoms with E-state index < -0.39 is 0 Å². The van der Waals surface area contributed by atoms with E-state index in [-0.39, 0.29) is 29.9 Å². The quantitative estimate of drug-likeness (QED) is 0.791. The number of imidazole rings is 1. The second-order valence-corrected chi connectivity index (χ2v) is 10.3. The van der Waals surface area contributed by atoms with Crippen LogP contribution in [0, 0.1) is 23.7 Å². The second kappa shape index (κ2) is 6.47. The van der Waals surface area contributed by atoms with Crippen molar-refractivity contribution in [1.29, 1.82) is 0 Å². The van der Waals surface area contributed by atoms with Crippen molar-refractivity contribution < 1.29 is 4.79 Å². The third-order valence-electron chi connectivity index (χ3n) is 8.22. The second-order valence-electron chi connectivity index (χ2n) is 10.3. The lowest BCUT2D eigenvalue weighted by Crippen LogP contribution is -2.50. The number of amides is 2. The van der Waals surface area contributed by atoms with E-state index in [4.69, 9.17) is 9.98 Å². The van der Waals surface area contributed by atoms with Gasteiger partial charge in [0.2, 0.25) is 0 Å². The molecule has 0 spiro atoms. The van der Waals surface area contributed by atoms with Crippen LogP contribution in [0.3, 0.4) is 0 Å². The monoisotopic (exact) mass is 417 g/mol. The lowest BCUT2D eigenvalue weighted by molar-refractivity contribution is 0.225. The molecule has 4 aliphatic carbocycles. The van der Waals surface area contributed by atoms with Gasteiger partial charge in [0.05, 0.1) is 12.6 Å². The normalized spacial score (nSPS) is 36.6. The number of urea groups is 1. The van der Waals surface area contributed by atoms with Crippen molar-refractivity contribution in [3.8, 4) is 0 Å². The molecule has 2 aliphatic heterocycles. The molecule has 4 saturated carbocycles. The summed E-state index contributed by atoms with van der Waals surface area (Å²) in [5.74, 6) is 5.80. The molecule has 7 heteroatoms. The number of rotatable bonds is 4. The number of carbonyl (C=O) groups is 1. The summed E-state index contributed by atoms with van der Waals surface area (Å²) in [6.07, 6.45) is 7.68. The molecular formula is C22H32ClN5O. The Labute approximate surface area is 178 Å². The first-order valence-corrected chi connectivity index (χ1v) is 11.3. The van der Waals surface area contributed by atoms with Crippen LogP contribution in [-0.4, -0.2) is 45.9 Å². The third-order valence-corrected chi connectivity index (χ3v) is 8.22. The lowest BCUT2D eigenvalue weighted by atomic mass is 9.75. The Hall–Kier alpha value is -1.56. The number of H-pyrrole nitrogens is 1. The maximum atomic E-state index is 13.3. The predicted molar refractivity (Wildman–Crippen MR) is 116 cm³/mol. The maximum absolute atomic E-state index is 13.3. The lowest BCUT2D eigenvalue weighted by Gasteiger charge is -2.32. The Morgan fingerprint density at radius 3 is 2.59 bits per heavy atom. The van der Waals surface area contributed by atoms with E-state index in [0.29, 0.717) is 19.0 Å². The molecule has 1 aromatic rings. The van der Waals surface area contributed by atoms with Gasteiger partial charge in [0, 0.05) is 12.0 Å². The molecule has 4 fully saturated rings. The SMILES string of the molecule is CCCN1C(=O)N2C[C@@H](C(C)C)N=C2c2[nH]c(C34CC5CC(CC3C5)C4)nc21.Cl. The Morgan fingerprint density at radius 2 is 1.93 bits per heavy atom. The van der Waals surface area contributed by atoms with Gasteiger partial charge in [-0.2, -0.15) is 0 Å². The van der Waals surface area contributed by atoms with Gasteiger partial charge in [-0.15, -0.1) is 12.4 Å². The first-order valence-electron chi connectivity index (χ1n) is 11.3. The Morgan fingerprint density at radius 1 is 1.21 bits per heavy atom. The molecule has 6 aliphatic rings. The molecule has 29 heavy (non-hydrogen) atoms. The van der Waals surface area contributed by atoms with Gasteiger partial charge in [0.15, 0.2) is 11.7 Å². The summed E-state index contributed by atoms with van der Waals surface area (Å²) in [5.41, 5.74) is 1.22. The molecule has 1 aromatic heterocycles. The molecular weight excluding hydrogens is 386 g/mol. The third kappa shape index (κ3) is 2.50. The van der Waals surface area contributed by atoms with Gasteiger partial charge in [0.25, 0.3) is 0 Å². The molecule has 3 atom stereocenters. The van der Waals surface area contributed by atoms with E-state index in [2.05, 4.69) is 25.8 Å². The van der Waals surface area contributed by atoms with Gasteiger partial charge >= 0.3 is 6.03 Å². The highest BCUT2D eigenvalue weighted by Crippen LogP contribution is 2.65. The minimum absolute atomic E-state index is 0. The number of carbonyl (C=O) groups excluding carboxylic acids is 1. The minimum atomic E-state index is 0. The first-order chi connectivity index (χ1) is 13.5. The van der Waals surface area contributed by atoms with Crippen molar-refractivity contribution in [3.63, 3.8) is 0 Å². The highest BCUT2D eigenvalue weighted by atomic mass is 35.5. The van der Waals surface area contributed by atoms with Crippen LogP contribution >= 0.6 is 12.4 Å². The van der Waals surface area contributed by atoms with Crippen molar-refractivity contribution in [2.75, 3.05) is 18.0 Å². The summed E-state index contributed by atoms with van der Waals surface area (Å²) >= 11 is 0. The summed E-state index contributed by atoms with van der Waals surface area (Å²) in [6.45, 7) is 7.91. The van der Waals surface area contributed by atoms with Gasteiger partial charge in [-0.25, -0.2) is 9.78 Å². The van der Waals surface area contributed by atoms with Crippen LogP contribution in [0.1, 0.15) is 70.8 Å². The van der Waals surface area contributed by atoms with E-state index in [1.54, 1.807) is 0 Å². The number of aromatic amines is 1. The van der Waals surface area contributed by atoms with Crippen molar-refractivity contribution in [2.45, 2.75) is 70.8 Å². The van der Waals surface area contributed by atoms with Gasteiger partial charge in [-0.1, -0.05) is 20.8 Å². The number of hydrogen-bond acceptors (Lipinski definition) is 3. The fourth-order valence-electron chi connectivity index (χ4n) is 7.06. The molecule has 2 unspecified atom stereocenters. The average Bonchev–Trinajstić information content (AvgIpc) is 3.38. The van der Waals surface area contributed by atoms with Gasteiger partial charge in [-0.05, 0) is 62.2 Å². The number of halogens is 1. The minimum Gasteiger partial charge on any atom is -0.337 e. The van der Waals surface area contributed by atoms with Crippen molar-refractivity contribution in [2.24, 2.45) is 28.7 Å². The van der Waals surface area contributed by atoms with Crippen LogP contribution in [0.4, 0.5) is 10.6 Å². The van der Waals surface area contributed by atoms with Crippen LogP contribution in [-0.2, 0) is 5.41 Å². The number of nitrogens with one attached hydrogen (secondary N) is 1. The number of hydrogen-bond donors (Lipinski definition) is 1. The zero-order chi connectivity index (χ0) is 19.2. The van der Waals surface area contributed by atoms with Crippen LogP contribution in [0.5, 0.6) is 0 Å². The van der Waals surface area contributed by atoms with Gasteiger partial charge in [0.1, 0.15) is 11.5 Å².